The molecule has 3 aromatic rings. The van der Waals surface area contributed by atoms with E-state index in [-0.39, 0.29) is 18.6 Å². The van der Waals surface area contributed by atoms with Gasteiger partial charge in [-0.25, -0.2) is 4.79 Å². The molecule has 1 aromatic heterocycles. The van der Waals surface area contributed by atoms with Crippen LogP contribution in [0.25, 0.3) is 6.08 Å². The lowest BCUT2D eigenvalue weighted by Gasteiger charge is -2.17. The minimum atomic E-state index is -0.575. The van der Waals surface area contributed by atoms with E-state index in [1.165, 1.54) is 6.08 Å². The van der Waals surface area contributed by atoms with E-state index in [2.05, 4.69) is 10.4 Å². The molecule has 1 atom stereocenters. The molecule has 0 saturated carbocycles. The minimum Gasteiger partial charge on any atom is -0.452 e. The number of ether oxygens (including phenoxy) is 1. The Morgan fingerprint density at radius 2 is 1.87 bits per heavy atom. The average Bonchev–Trinajstić information content (AvgIpc) is 3.23. The number of carbonyl (C=O) groups excluding carboxylic acids is 2. The number of aryl methyl sites for hydroxylation is 1. The second kappa shape index (κ2) is 10.9. The Morgan fingerprint density at radius 1 is 1.13 bits per heavy atom. The summed E-state index contributed by atoms with van der Waals surface area (Å²) in [7, 11) is 0. The first-order chi connectivity index (χ1) is 15.0. The topological polar surface area (TPSA) is 73.2 Å². The molecular weight excluding hydrogens is 390 g/mol. The van der Waals surface area contributed by atoms with Crippen LogP contribution in [0.5, 0.6) is 0 Å². The molecule has 160 valence electrons. The fourth-order valence-electron chi connectivity index (χ4n) is 3.13. The third kappa shape index (κ3) is 6.96. The zero-order chi connectivity index (χ0) is 22.1. The number of benzene rings is 2. The Balaban J connectivity index is 1.45. The van der Waals surface area contributed by atoms with Gasteiger partial charge in [0.05, 0.1) is 18.8 Å². The predicted octanol–water partition coefficient (Wildman–Crippen LogP) is 4.06. The van der Waals surface area contributed by atoms with Gasteiger partial charge in [0, 0.05) is 17.8 Å². The summed E-state index contributed by atoms with van der Waals surface area (Å²) >= 11 is 0. The van der Waals surface area contributed by atoms with Gasteiger partial charge in [0.2, 0.25) is 0 Å². The van der Waals surface area contributed by atoms with Gasteiger partial charge >= 0.3 is 5.97 Å². The van der Waals surface area contributed by atoms with Crippen LogP contribution in [-0.4, -0.2) is 28.3 Å². The molecule has 1 heterocycles. The molecule has 0 fully saturated rings. The van der Waals surface area contributed by atoms with Crippen molar-refractivity contribution in [3.8, 4) is 0 Å². The summed E-state index contributed by atoms with van der Waals surface area (Å²) in [6.45, 7) is 4.35. The molecule has 0 bridgehead atoms. The van der Waals surface area contributed by atoms with Gasteiger partial charge in [0.1, 0.15) is 0 Å². The molecule has 2 aromatic carbocycles. The highest BCUT2D eigenvalue weighted by atomic mass is 16.5. The van der Waals surface area contributed by atoms with E-state index in [1.54, 1.807) is 17.0 Å². The van der Waals surface area contributed by atoms with E-state index in [9.17, 15) is 9.59 Å². The maximum atomic E-state index is 12.2. The lowest BCUT2D eigenvalue weighted by molar-refractivity contribution is -0.144. The summed E-state index contributed by atoms with van der Waals surface area (Å²) < 4.78 is 6.86. The van der Waals surface area contributed by atoms with Crippen LogP contribution in [0.3, 0.4) is 0 Å². The van der Waals surface area contributed by atoms with Gasteiger partial charge < -0.3 is 10.1 Å². The van der Waals surface area contributed by atoms with Gasteiger partial charge in [-0.1, -0.05) is 67.1 Å². The summed E-state index contributed by atoms with van der Waals surface area (Å²) in [5.74, 6) is -0.904. The quantitative estimate of drug-likeness (QED) is 0.421. The Bertz CT molecular complexity index is 1020. The molecule has 3 rings (SSSR count). The van der Waals surface area contributed by atoms with Crippen molar-refractivity contribution in [1.29, 1.82) is 0 Å². The van der Waals surface area contributed by atoms with Gasteiger partial charge in [-0.15, -0.1) is 0 Å². The summed E-state index contributed by atoms with van der Waals surface area (Å²) in [5, 5.41) is 7.19. The van der Waals surface area contributed by atoms with Crippen molar-refractivity contribution in [1.82, 2.24) is 15.1 Å². The molecule has 6 nitrogen and oxygen atoms in total. The number of hydrogen-bond donors (Lipinski definition) is 1. The number of nitrogens with zero attached hydrogens (tertiary/aromatic N) is 2. The first-order valence-corrected chi connectivity index (χ1v) is 10.3. The maximum Gasteiger partial charge on any atom is 0.331 e. The SMILES string of the molecule is CC[C@H](NC(=O)COC(=O)/C=C/c1cnn(Cc2ccccc2)c1)c1ccc(C)cc1. The monoisotopic (exact) mass is 417 g/mol. The molecule has 1 amide bonds. The summed E-state index contributed by atoms with van der Waals surface area (Å²) in [4.78, 5) is 24.1. The fraction of sp³-hybridized carbons (Fsp3) is 0.240. The molecule has 0 radical (unpaired) electrons. The van der Waals surface area contributed by atoms with E-state index < -0.39 is 5.97 Å². The Hall–Kier alpha value is -3.67. The van der Waals surface area contributed by atoms with Crippen LogP contribution in [0.1, 0.15) is 41.6 Å². The maximum absolute atomic E-state index is 12.2. The lowest BCUT2D eigenvalue weighted by atomic mass is 10.0. The standard InChI is InChI=1S/C25H27N3O3/c1-3-23(22-12-9-19(2)10-13-22)27-24(29)18-31-25(30)14-11-21-15-26-28(17-21)16-20-7-5-4-6-8-20/h4-15,17,23H,3,16,18H2,1-2H3,(H,27,29)/b14-11+/t23-/m0/s1. The van der Waals surface area contributed by atoms with E-state index in [0.29, 0.717) is 6.54 Å². The zero-order valence-corrected chi connectivity index (χ0v) is 17.8. The summed E-state index contributed by atoms with van der Waals surface area (Å²) in [6.07, 6.45) is 7.18. The zero-order valence-electron chi connectivity index (χ0n) is 17.8. The van der Waals surface area contributed by atoms with Crippen LogP contribution in [0.15, 0.2) is 73.1 Å². The predicted molar refractivity (Wildman–Crippen MR) is 120 cm³/mol. The van der Waals surface area contributed by atoms with Gasteiger partial charge in [-0.2, -0.15) is 5.10 Å². The van der Waals surface area contributed by atoms with Gasteiger partial charge in [0.25, 0.3) is 5.91 Å². The summed E-state index contributed by atoms with van der Waals surface area (Å²) in [6, 6.07) is 17.9. The van der Waals surface area contributed by atoms with E-state index >= 15 is 0 Å². The number of aromatic nitrogens is 2. The first kappa shape index (κ1) is 22.0. The number of rotatable bonds is 9. The van der Waals surface area contributed by atoms with Crippen molar-refractivity contribution in [2.24, 2.45) is 0 Å². The number of amides is 1. The highest BCUT2D eigenvalue weighted by Crippen LogP contribution is 2.17. The van der Waals surface area contributed by atoms with Crippen molar-refractivity contribution in [3.05, 3.63) is 95.3 Å². The molecule has 0 aliphatic heterocycles. The fourth-order valence-corrected chi connectivity index (χ4v) is 3.13. The molecule has 1 N–H and O–H groups in total. The molecule has 0 aliphatic carbocycles. The van der Waals surface area contributed by atoms with Crippen LogP contribution < -0.4 is 5.32 Å². The molecule has 6 heteroatoms. The molecule has 0 unspecified atom stereocenters. The Morgan fingerprint density at radius 3 is 2.58 bits per heavy atom. The van der Waals surface area contributed by atoms with Crippen LogP contribution in [-0.2, 0) is 20.9 Å². The van der Waals surface area contributed by atoms with Crippen molar-refractivity contribution < 1.29 is 14.3 Å². The van der Waals surface area contributed by atoms with E-state index in [1.807, 2.05) is 74.6 Å². The van der Waals surface area contributed by atoms with Crippen LogP contribution in [0, 0.1) is 6.92 Å². The van der Waals surface area contributed by atoms with E-state index in [0.717, 1.165) is 28.7 Å². The van der Waals surface area contributed by atoms with Gasteiger partial charge in [0.15, 0.2) is 6.61 Å². The Kier molecular flexibility index (Phi) is 7.76. The largest absolute Gasteiger partial charge is 0.452 e. The first-order valence-electron chi connectivity index (χ1n) is 10.3. The molecular formula is C25H27N3O3. The van der Waals surface area contributed by atoms with Crippen molar-refractivity contribution in [3.63, 3.8) is 0 Å². The number of hydrogen-bond acceptors (Lipinski definition) is 4. The van der Waals surface area contributed by atoms with Crippen molar-refractivity contribution in [2.45, 2.75) is 32.9 Å². The molecule has 31 heavy (non-hydrogen) atoms. The normalized spacial score (nSPS) is 11.9. The molecule has 0 aliphatic rings. The number of carbonyl (C=O) groups is 2. The van der Waals surface area contributed by atoms with Crippen molar-refractivity contribution in [2.75, 3.05) is 6.61 Å². The van der Waals surface area contributed by atoms with Crippen molar-refractivity contribution >= 4 is 18.0 Å². The summed E-state index contributed by atoms with van der Waals surface area (Å²) in [5.41, 5.74) is 4.11. The molecule has 0 saturated heterocycles. The van der Waals surface area contributed by atoms with Gasteiger partial charge in [-0.3, -0.25) is 9.48 Å². The van der Waals surface area contributed by atoms with Crippen LogP contribution >= 0.6 is 0 Å². The van der Waals surface area contributed by atoms with Crippen LogP contribution in [0.4, 0.5) is 0 Å². The number of esters is 1. The number of nitrogens with one attached hydrogen (secondary N) is 1. The molecule has 0 spiro atoms. The van der Waals surface area contributed by atoms with Gasteiger partial charge in [-0.05, 0) is 30.5 Å². The average molecular weight is 418 g/mol. The highest BCUT2D eigenvalue weighted by molar-refractivity contribution is 5.89. The third-order valence-electron chi connectivity index (χ3n) is 4.82. The third-order valence-corrected chi connectivity index (χ3v) is 4.82. The minimum absolute atomic E-state index is 0.113. The van der Waals surface area contributed by atoms with Crippen LogP contribution in [0.2, 0.25) is 0 Å². The Labute approximate surface area is 182 Å². The van der Waals surface area contributed by atoms with E-state index in [4.69, 9.17) is 4.74 Å². The second-order valence-electron chi connectivity index (χ2n) is 7.34. The lowest BCUT2D eigenvalue weighted by Crippen LogP contribution is -2.32. The second-order valence-corrected chi connectivity index (χ2v) is 7.34. The highest BCUT2D eigenvalue weighted by Gasteiger charge is 2.13. The smallest absolute Gasteiger partial charge is 0.331 e.